The van der Waals surface area contributed by atoms with Crippen LogP contribution in [0.15, 0.2) is 59.4 Å². The fourth-order valence-corrected chi connectivity index (χ4v) is 2.90. The third-order valence-corrected chi connectivity index (χ3v) is 4.45. The number of anilines is 1. The van der Waals surface area contributed by atoms with Crippen LogP contribution in [0.3, 0.4) is 0 Å². The number of nitrogens with zero attached hydrogens (tertiary/aromatic N) is 2. The molecule has 0 aliphatic heterocycles. The van der Waals surface area contributed by atoms with Crippen molar-refractivity contribution < 1.29 is 9.18 Å². The highest BCUT2D eigenvalue weighted by Gasteiger charge is 2.14. The molecule has 1 N–H and O–H groups in total. The highest BCUT2D eigenvalue weighted by atomic mass is 19.1. The zero-order valence-electron chi connectivity index (χ0n) is 15.9. The molecular formula is C22H22FN3O2. The normalized spacial score (nSPS) is 10.7. The van der Waals surface area contributed by atoms with Crippen molar-refractivity contribution in [3.8, 4) is 11.4 Å². The van der Waals surface area contributed by atoms with Crippen LogP contribution in [0.5, 0.6) is 0 Å². The van der Waals surface area contributed by atoms with Gasteiger partial charge in [-0.25, -0.2) is 9.37 Å². The van der Waals surface area contributed by atoms with Crippen LogP contribution in [0.4, 0.5) is 10.1 Å². The minimum Gasteiger partial charge on any atom is -0.325 e. The lowest BCUT2D eigenvalue weighted by molar-refractivity contribution is -0.116. The fraction of sp³-hybridized carbons (Fsp3) is 0.227. The molecule has 0 unspecified atom stereocenters. The molecule has 1 amide bonds. The summed E-state index contributed by atoms with van der Waals surface area (Å²) in [5.74, 6) is -0.504. The van der Waals surface area contributed by atoms with Crippen LogP contribution < -0.4 is 10.9 Å². The van der Waals surface area contributed by atoms with Gasteiger partial charge in [-0.2, -0.15) is 0 Å². The van der Waals surface area contributed by atoms with E-state index in [9.17, 15) is 14.0 Å². The van der Waals surface area contributed by atoms with Gasteiger partial charge in [0, 0.05) is 23.0 Å². The molecule has 2 aromatic carbocycles. The summed E-state index contributed by atoms with van der Waals surface area (Å²) in [7, 11) is 0. The standard InChI is InChI=1S/C22H22FN3O2/c1-3-15-8-10-19(11-9-15)24-20(27)14-26-21(28)13-18(4-2)25-22(26)16-6-5-7-17(23)12-16/h5-13H,3-4,14H2,1-2H3,(H,24,27). The molecule has 0 saturated carbocycles. The van der Waals surface area contributed by atoms with Gasteiger partial charge in [0.15, 0.2) is 0 Å². The highest BCUT2D eigenvalue weighted by Crippen LogP contribution is 2.18. The van der Waals surface area contributed by atoms with Crippen LogP contribution in [-0.4, -0.2) is 15.5 Å². The molecule has 0 aliphatic rings. The first kappa shape index (κ1) is 19.5. The highest BCUT2D eigenvalue weighted by molar-refractivity contribution is 5.90. The van der Waals surface area contributed by atoms with Gasteiger partial charge in [0.1, 0.15) is 18.2 Å². The van der Waals surface area contributed by atoms with E-state index >= 15 is 0 Å². The van der Waals surface area contributed by atoms with E-state index in [1.165, 1.54) is 28.3 Å². The molecule has 3 rings (SSSR count). The van der Waals surface area contributed by atoms with E-state index in [-0.39, 0.29) is 23.8 Å². The summed E-state index contributed by atoms with van der Waals surface area (Å²) in [6.45, 7) is 3.73. The average Bonchev–Trinajstić information content (AvgIpc) is 2.69. The molecule has 0 bridgehead atoms. The maximum Gasteiger partial charge on any atom is 0.254 e. The number of hydrogen-bond acceptors (Lipinski definition) is 3. The van der Waals surface area contributed by atoms with Crippen LogP contribution >= 0.6 is 0 Å². The number of benzene rings is 2. The van der Waals surface area contributed by atoms with Crippen LogP contribution in [0, 0.1) is 5.82 Å². The van der Waals surface area contributed by atoms with Gasteiger partial charge in [0.2, 0.25) is 5.91 Å². The first-order valence-electron chi connectivity index (χ1n) is 9.25. The van der Waals surface area contributed by atoms with Crippen LogP contribution in [-0.2, 0) is 24.2 Å². The number of aromatic nitrogens is 2. The number of nitrogens with one attached hydrogen (secondary N) is 1. The molecule has 1 aromatic heterocycles. The monoisotopic (exact) mass is 379 g/mol. The minimum atomic E-state index is -0.430. The molecule has 0 aliphatic carbocycles. The van der Waals surface area contributed by atoms with Crippen molar-refractivity contribution in [3.05, 3.63) is 82.0 Å². The topological polar surface area (TPSA) is 64.0 Å². The van der Waals surface area contributed by atoms with E-state index in [4.69, 9.17) is 0 Å². The summed E-state index contributed by atoms with van der Waals surface area (Å²) in [5, 5.41) is 2.79. The number of hydrogen-bond donors (Lipinski definition) is 1. The number of rotatable bonds is 6. The average molecular weight is 379 g/mol. The molecule has 0 radical (unpaired) electrons. The van der Waals surface area contributed by atoms with Gasteiger partial charge in [-0.15, -0.1) is 0 Å². The Bertz CT molecular complexity index is 1040. The largest absolute Gasteiger partial charge is 0.325 e. The quantitative estimate of drug-likeness (QED) is 0.708. The molecule has 5 nitrogen and oxygen atoms in total. The van der Waals surface area contributed by atoms with Gasteiger partial charge in [0.25, 0.3) is 5.56 Å². The second-order valence-corrected chi connectivity index (χ2v) is 6.46. The molecule has 0 atom stereocenters. The Morgan fingerprint density at radius 3 is 2.46 bits per heavy atom. The molecule has 0 fully saturated rings. The lowest BCUT2D eigenvalue weighted by Gasteiger charge is -2.14. The van der Waals surface area contributed by atoms with Gasteiger partial charge < -0.3 is 5.32 Å². The number of carbonyl (C=O) groups is 1. The molecule has 1 heterocycles. The maximum atomic E-state index is 13.7. The van der Waals surface area contributed by atoms with Crippen molar-refractivity contribution in [2.75, 3.05) is 5.32 Å². The predicted octanol–water partition coefficient (Wildman–Crippen LogP) is 3.81. The van der Waals surface area contributed by atoms with Crippen molar-refractivity contribution >= 4 is 11.6 Å². The number of carbonyl (C=O) groups excluding carboxylic acids is 1. The smallest absolute Gasteiger partial charge is 0.254 e. The Labute approximate surface area is 162 Å². The lowest BCUT2D eigenvalue weighted by atomic mass is 10.1. The Hall–Kier alpha value is -3.28. The van der Waals surface area contributed by atoms with E-state index in [1.807, 2.05) is 31.2 Å². The van der Waals surface area contributed by atoms with Crippen LogP contribution in [0.25, 0.3) is 11.4 Å². The minimum absolute atomic E-state index is 0.211. The van der Waals surface area contributed by atoms with E-state index in [0.29, 0.717) is 23.4 Å². The molecule has 0 spiro atoms. The van der Waals surface area contributed by atoms with E-state index in [2.05, 4.69) is 17.2 Å². The summed E-state index contributed by atoms with van der Waals surface area (Å²) in [5.41, 5.74) is 2.52. The van der Waals surface area contributed by atoms with Gasteiger partial charge in [0.05, 0.1) is 0 Å². The van der Waals surface area contributed by atoms with Crippen molar-refractivity contribution in [1.29, 1.82) is 0 Å². The zero-order valence-corrected chi connectivity index (χ0v) is 15.9. The Balaban J connectivity index is 1.91. The zero-order chi connectivity index (χ0) is 20.1. The SMILES string of the molecule is CCc1ccc(NC(=O)Cn2c(-c3cccc(F)c3)nc(CC)cc2=O)cc1. The third-order valence-electron chi connectivity index (χ3n) is 4.45. The van der Waals surface area contributed by atoms with Crippen molar-refractivity contribution in [2.24, 2.45) is 0 Å². The molecule has 28 heavy (non-hydrogen) atoms. The lowest BCUT2D eigenvalue weighted by Crippen LogP contribution is -2.30. The number of amides is 1. The molecule has 3 aromatic rings. The molecule has 144 valence electrons. The molecular weight excluding hydrogens is 357 g/mol. The Morgan fingerprint density at radius 2 is 1.82 bits per heavy atom. The third kappa shape index (κ3) is 4.52. The van der Waals surface area contributed by atoms with Gasteiger partial charge >= 0.3 is 0 Å². The van der Waals surface area contributed by atoms with E-state index in [0.717, 1.165) is 6.42 Å². The van der Waals surface area contributed by atoms with E-state index < -0.39 is 5.82 Å². The van der Waals surface area contributed by atoms with Crippen molar-refractivity contribution in [2.45, 2.75) is 33.2 Å². The van der Waals surface area contributed by atoms with Gasteiger partial charge in [-0.3, -0.25) is 14.2 Å². The summed E-state index contributed by atoms with van der Waals surface area (Å²) < 4.78 is 15.0. The number of halogens is 1. The van der Waals surface area contributed by atoms with Crippen molar-refractivity contribution in [3.63, 3.8) is 0 Å². The maximum absolute atomic E-state index is 13.7. The summed E-state index contributed by atoms with van der Waals surface area (Å²) in [6.07, 6.45) is 1.48. The van der Waals surface area contributed by atoms with Gasteiger partial charge in [-0.05, 0) is 42.7 Å². The second-order valence-electron chi connectivity index (χ2n) is 6.46. The Morgan fingerprint density at radius 1 is 1.07 bits per heavy atom. The summed E-state index contributed by atoms with van der Waals surface area (Å²) in [6, 6.07) is 14.8. The number of aryl methyl sites for hydroxylation is 2. The molecule has 0 saturated heterocycles. The second kappa shape index (κ2) is 8.61. The first-order chi connectivity index (χ1) is 13.5. The fourth-order valence-electron chi connectivity index (χ4n) is 2.90. The molecule has 6 heteroatoms. The van der Waals surface area contributed by atoms with Crippen LogP contribution in [0.1, 0.15) is 25.1 Å². The first-order valence-corrected chi connectivity index (χ1v) is 9.25. The predicted molar refractivity (Wildman–Crippen MR) is 108 cm³/mol. The van der Waals surface area contributed by atoms with Crippen LogP contribution in [0.2, 0.25) is 0 Å². The van der Waals surface area contributed by atoms with Crippen molar-refractivity contribution in [1.82, 2.24) is 9.55 Å². The summed E-state index contributed by atoms with van der Waals surface area (Å²) >= 11 is 0. The van der Waals surface area contributed by atoms with Gasteiger partial charge in [-0.1, -0.05) is 38.1 Å². The Kier molecular flexibility index (Phi) is 5.99. The summed E-state index contributed by atoms with van der Waals surface area (Å²) in [4.78, 5) is 29.6. The van der Waals surface area contributed by atoms with E-state index in [1.54, 1.807) is 12.1 Å².